The number of thioether (sulfide) groups is 1. The Labute approximate surface area is 167 Å². The van der Waals surface area contributed by atoms with Crippen molar-refractivity contribution in [2.45, 2.75) is 11.3 Å². The maximum absolute atomic E-state index is 12.9. The summed E-state index contributed by atoms with van der Waals surface area (Å²) in [6.07, 6.45) is 8.40. The molecule has 1 aliphatic carbocycles. The van der Waals surface area contributed by atoms with Crippen LogP contribution in [0.5, 0.6) is 5.75 Å². The molecular weight excluding hydrogens is 372 g/mol. The summed E-state index contributed by atoms with van der Waals surface area (Å²) in [7, 11) is 0. The molecule has 0 radical (unpaired) electrons. The minimum absolute atomic E-state index is 0.0354. The Morgan fingerprint density at radius 3 is 2.68 bits per heavy atom. The third-order valence-electron chi connectivity index (χ3n) is 3.91. The van der Waals surface area contributed by atoms with Crippen molar-refractivity contribution in [1.82, 2.24) is 4.98 Å². The summed E-state index contributed by atoms with van der Waals surface area (Å²) >= 11 is 1.50. The van der Waals surface area contributed by atoms with Crippen LogP contribution >= 0.6 is 11.8 Å². The molecule has 0 N–H and O–H groups in total. The molecule has 3 rings (SSSR count). The van der Waals surface area contributed by atoms with Gasteiger partial charge in [-0.15, -0.1) is 11.8 Å². The molecule has 0 spiro atoms. The molecule has 0 bridgehead atoms. The molecule has 0 saturated heterocycles. The van der Waals surface area contributed by atoms with Crippen LogP contribution in [-0.2, 0) is 9.59 Å². The number of carbonyl (C=O) groups is 2. The van der Waals surface area contributed by atoms with Gasteiger partial charge in [0, 0.05) is 29.3 Å². The third kappa shape index (κ3) is 4.90. The van der Waals surface area contributed by atoms with E-state index in [0.29, 0.717) is 17.1 Å². The summed E-state index contributed by atoms with van der Waals surface area (Å²) < 4.78 is 5.48. The van der Waals surface area contributed by atoms with Crippen LogP contribution in [0.25, 0.3) is 0 Å². The molecule has 5 nitrogen and oxygen atoms in total. The molecule has 0 unspecified atom stereocenters. The molecule has 2 aromatic rings. The average Bonchev–Trinajstić information content (AvgIpc) is 2.75. The van der Waals surface area contributed by atoms with E-state index >= 15 is 0 Å². The van der Waals surface area contributed by atoms with Gasteiger partial charge in [-0.1, -0.05) is 29.7 Å². The van der Waals surface area contributed by atoms with Gasteiger partial charge in [-0.25, -0.2) is 4.98 Å². The number of amides is 1. The van der Waals surface area contributed by atoms with Crippen LogP contribution in [0, 0.1) is 0 Å². The summed E-state index contributed by atoms with van der Waals surface area (Å²) in [5, 5.41) is 0. The van der Waals surface area contributed by atoms with Crippen molar-refractivity contribution in [2.75, 3.05) is 17.7 Å². The van der Waals surface area contributed by atoms with Crippen molar-refractivity contribution >= 4 is 29.5 Å². The first-order valence-corrected chi connectivity index (χ1v) is 9.86. The average molecular weight is 390 g/mol. The number of anilines is 1. The molecular formula is C22H18N2O3S. The molecule has 1 amide bonds. The van der Waals surface area contributed by atoms with Gasteiger partial charge in [0.1, 0.15) is 11.6 Å². The number of carbonyl (C=O) groups excluding carboxylic acids is 2. The highest BCUT2D eigenvalue weighted by molar-refractivity contribution is 7.98. The highest BCUT2D eigenvalue weighted by Crippen LogP contribution is 2.27. The predicted octanol–water partition coefficient (Wildman–Crippen LogP) is 3.94. The minimum atomic E-state index is -0.414. The van der Waals surface area contributed by atoms with Gasteiger partial charge in [0.15, 0.2) is 0 Å². The molecule has 0 aliphatic heterocycles. The lowest BCUT2D eigenvalue weighted by Gasteiger charge is -2.22. The topological polar surface area (TPSA) is 59.5 Å². The maximum atomic E-state index is 12.9. The van der Waals surface area contributed by atoms with Crippen molar-refractivity contribution in [3.63, 3.8) is 0 Å². The van der Waals surface area contributed by atoms with Crippen molar-refractivity contribution in [2.24, 2.45) is 0 Å². The van der Waals surface area contributed by atoms with Crippen molar-refractivity contribution < 1.29 is 14.3 Å². The van der Waals surface area contributed by atoms with Gasteiger partial charge in [0.25, 0.3) is 5.91 Å². The Hall–Kier alpha value is -3.30. The highest BCUT2D eigenvalue weighted by atomic mass is 32.2. The first kappa shape index (κ1) is 19.5. The smallest absolute Gasteiger partial charge is 0.313 e. The maximum Gasteiger partial charge on any atom is 0.313 e. The van der Waals surface area contributed by atoms with Crippen LogP contribution in [0.4, 0.5) is 5.82 Å². The zero-order valence-corrected chi connectivity index (χ0v) is 16.1. The minimum Gasteiger partial charge on any atom is -0.425 e. The Bertz CT molecular complexity index is 1000. The molecule has 0 saturated carbocycles. The molecule has 1 aliphatic rings. The van der Waals surface area contributed by atoms with Gasteiger partial charge in [0.05, 0.1) is 6.42 Å². The Balaban J connectivity index is 1.72. The number of allylic oxidation sites excluding steroid dienone is 2. The van der Waals surface area contributed by atoms with E-state index in [-0.39, 0.29) is 18.9 Å². The largest absolute Gasteiger partial charge is 0.425 e. The lowest BCUT2D eigenvalue weighted by atomic mass is 10.1. The number of hydrogen-bond acceptors (Lipinski definition) is 5. The van der Waals surface area contributed by atoms with E-state index in [2.05, 4.69) is 16.4 Å². The normalized spacial score (nSPS) is 11.8. The lowest BCUT2D eigenvalue weighted by molar-refractivity contribution is -0.134. The second-order valence-electron chi connectivity index (χ2n) is 5.74. The van der Waals surface area contributed by atoms with E-state index in [1.54, 1.807) is 48.7 Å². The second-order valence-corrected chi connectivity index (χ2v) is 6.59. The van der Waals surface area contributed by atoms with Crippen LogP contribution in [0.15, 0.2) is 88.8 Å². The van der Waals surface area contributed by atoms with Gasteiger partial charge in [-0.2, -0.15) is 0 Å². The fraction of sp³-hybridized carbons (Fsp3) is 0.136. The quantitative estimate of drug-likeness (QED) is 0.310. The van der Waals surface area contributed by atoms with Crippen LogP contribution in [0.2, 0.25) is 0 Å². The summed E-state index contributed by atoms with van der Waals surface area (Å²) in [4.78, 5) is 31.9. The van der Waals surface area contributed by atoms with Crippen LogP contribution in [-0.4, -0.2) is 29.7 Å². The molecule has 0 fully saturated rings. The van der Waals surface area contributed by atoms with Gasteiger partial charge >= 0.3 is 5.97 Å². The number of nitrogens with zero attached hydrogens (tertiary/aromatic N) is 2. The Kier molecular flexibility index (Phi) is 6.66. The van der Waals surface area contributed by atoms with Crippen molar-refractivity contribution in [3.8, 4) is 5.75 Å². The number of benzene rings is 1. The van der Waals surface area contributed by atoms with Gasteiger partial charge in [-0.05, 0) is 42.7 Å². The van der Waals surface area contributed by atoms with Crippen LogP contribution in [0.1, 0.15) is 6.42 Å². The van der Waals surface area contributed by atoms with Crippen molar-refractivity contribution in [3.05, 3.63) is 83.9 Å². The molecule has 1 heterocycles. The number of pyridine rings is 1. The van der Waals surface area contributed by atoms with Gasteiger partial charge in [-0.3, -0.25) is 14.5 Å². The number of hydrogen-bond donors (Lipinski definition) is 0. The van der Waals surface area contributed by atoms with Crippen LogP contribution in [0.3, 0.4) is 0 Å². The van der Waals surface area contributed by atoms with E-state index < -0.39 is 5.97 Å². The second kappa shape index (κ2) is 9.58. The van der Waals surface area contributed by atoms with E-state index in [1.807, 2.05) is 24.5 Å². The van der Waals surface area contributed by atoms with E-state index in [9.17, 15) is 9.59 Å². The molecule has 1 aromatic carbocycles. The molecule has 1 aromatic heterocycles. The number of aromatic nitrogens is 1. The van der Waals surface area contributed by atoms with Crippen molar-refractivity contribution in [1.29, 1.82) is 0 Å². The number of ether oxygens (including phenoxy) is 1. The Morgan fingerprint density at radius 2 is 1.96 bits per heavy atom. The fourth-order valence-electron chi connectivity index (χ4n) is 2.55. The molecule has 140 valence electrons. The summed E-state index contributed by atoms with van der Waals surface area (Å²) in [5.74, 6) is 0.311. The summed E-state index contributed by atoms with van der Waals surface area (Å²) in [6.45, 7) is 0.148. The number of esters is 1. The van der Waals surface area contributed by atoms with Gasteiger partial charge in [0.2, 0.25) is 0 Å². The van der Waals surface area contributed by atoms with E-state index in [4.69, 9.17) is 4.74 Å². The zero-order chi connectivity index (χ0) is 19.8. The van der Waals surface area contributed by atoms with Gasteiger partial charge < -0.3 is 4.74 Å². The first-order valence-electron chi connectivity index (χ1n) is 8.63. The van der Waals surface area contributed by atoms with E-state index in [0.717, 1.165) is 4.90 Å². The monoisotopic (exact) mass is 390 g/mol. The highest BCUT2D eigenvalue weighted by Gasteiger charge is 2.21. The van der Waals surface area contributed by atoms with Crippen LogP contribution < -0.4 is 9.64 Å². The standard InChI is InChI=1S/C22H18N2O3S/c1-28-19-12-6-5-11-18(19)27-21(25)14-16-24(20-13-7-8-15-23-20)22(26)17-9-3-2-4-10-17/h3,5-13,15H,14,16H2,1H3. The van der Waals surface area contributed by atoms with E-state index in [1.165, 1.54) is 16.7 Å². The Morgan fingerprint density at radius 1 is 1.14 bits per heavy atom. The lowest BCUT2D eigenvalue weighted by Crippen LogP contribution is -2.35. The number of rotatable bonds is 7. The third-order valence-corrected chi connectivity index (χ3v) is 4.68. The molecule has 6 heteroatoms. The predicted molar refractivity (Wildman–Crippen MR) is 109 cm³/mol. The molecule has 28 heavy (non-hydrogen) atoms. The first-order chi connectivity index (χ1) is 13.7. The fourth-order valence-corrected chi connectivity index (χ4v) is 3.07. The SMILES string of the molecule is CSc1ccccc1OC(=O)CCN(C(=O)C1=CC=C=C=C1)c1ccccn1. The number of para-hydroxylation sites is 1. The molecule has 0 atom stereocenters. The summed E-state index contributed by atoms with van der Waals surface area (Å²) in [5.41, 5.74) is 5.99. The summed E-state index contributed by atoms with van der Waals surface area (Å²) in [6, 6.07) is 12.6. The zero-order valence-electron chi connectivity index (χ0n) is 15.3.